The van der Waals surface area contributed by atoms with Crippen molar-refractivity contribution in [3.63, 3.8) is 0 Å². The first kappa shape index (κ1) is 13.3. The van der Waals surface area contributed by atoms with Crippen molar-refractivity contribution in [2.24, 2.45) is 5.92 Å². The van der Waals surface area contributed by atoms with Crippen LogP contribution in [0.3, 0.4) is 0 Å². The van der Waals surface area contributed by atoms with Crippen LogP contribution < -0.4 is 10.2 Å². The highest BCUT2D eigenvalue weighted by atomic mass is 16.5. The summed E-state index contributed by atoms with van der Waals surface area (Å²) < 4.78 is 10.5. The Hall–Kier alpha value is -1.73. The summed E-state index contributed by atoms with van der Waals surface area (Å²) >= 11 is 0. The Morgan fingerprint density at radius 2 is 1.95 bits per heavy atom. The van der Waals surface area contributed by atoms with Crippen molar-refractivity contribution in [2.75, 3.05) is 49.7 Å². The molecule has 1 aromatic heterocycles. The van der Waals surface area contributed by atoms with Crippen LogP contribution in [0.25, 0.3) is 0 Å². The summed E-state index contributed by atoms with van der Waals surface area (Å²) in [5, 5.41) is 2.83. The molecule has 20 heavy (non-hydrogen) atoms. The Bertz CT molecular complexity index is 453. The average molecular weight is 278 g/mol. The lowest BCUT2D eigenvalue weighted by Gasteiger charge is -2.26. The molecule has 0 bridgehead atoms. The van der Waals surface area contributed by atoms with E-state index in [-0.39, 0.29) is 11.8 Å². The zero-order valence-electron chi connectivity index (χ0n) is 11.2. The topological polar surface area (TPSA) is 76.6 Å². The van der Waals surface area contributed by atoms with Gasteiger partial charge in [0.05, 0.1) is 43.8 Å². The molecule has 1 aromatic rings. The van der Waals surface area contributed by atoms with Crippen LogP contribution in [0.2, 0.25) is 0 Å². The summed E-state index contributed by atoms with van der Waals surface area (Å²) in [4.78, 5) is 22.6. The highest BCUT2D eigenvalue weighted by Crippen LogP contribution is 2.16. The van der Waals surface area contributed by atoms with Gasteiger partial charge in [0.2, 0.25) is 11.9 Å². The summed E-state index contributed by atoms with van der Waals surface area (Å²) in [5.74, 6) is 0.592. The minimum absolute atomic E-state index is 0.0229. The van der Waals surface area contributed by atoms with Crippen molar-refractivity contribution in [1.82, 2.24) is 9.97 Å². The Balaban J connectivity index is 1.59. The van der Waals surface area contributed by atoms with Gasteiger partial charge in [-0.3, -0.25) is 4.79 Å². The largest absolute Gasteiger partial charge is 0.381 e. The van der Waals surface area contributed by atoms with Gasteiger partial charge in [-0.05, 0) is 6.42 Å². The van der Waals surface area contributed by atoms with Crippen molar-refractivity contribution >= 4 is 17.5 Å². The number of ether oxygens (including phenoxy) is 2. The van der Waals surface area contributed by atoms with Crippen LogP contribution in [0.4, 0.5) is 11.6 Å². The molecule has 2 aliphatic heterocycles. The summed E-state index contributed by atoms with van der Waals surface area (Å²) in [7, 11) is 0. The van der Waals surface area contributed by atoms with Crippen molar-refractivity contribution in [1.29, 1.82) is 0 Å². The second kappa shape index (κ2) is 6.15. The van der Waals surface area contributed by atoms with Gasteiger partial charge in [-0.15, -0.1) is 0 Å². The molecule has 2 saturated heterocycles. The molecule has 0 spiro atoms. The summed E-state index contributed by atoms with van der Waals surface area (Å²) in [6.07, 6.45) is 4.07. The molecule has 2 fully saturated rings. The molecule has 1 N–H and O–H groups in total. The number of hydrogen-bond acceptors (Lipinski definition) is 6. The molecule has 7 nitrogen and oxygen atoms in total. The normalized spacial score (nSPS) is 22.8. The maximum Gasteiger partial charge on any atom is 0.229 e. The fourth-order valence-corrected chi connectivity index (χ4v) is 2.30. The lowest BCUT2D eigenvalue weighted by Crippen LogP contribution is -2.37. The predicted octanol–water partition coefficient (Wildman–Crippen LogP) is 0.288. The molecular weight excluding hydrogens is 260 g/mol. The van der Waals surface area contributed by atoms with E-state index in [9.17, 15) is 4.79 Å². The maximum atomic E-state index is 11.9. The van der Waals surface area contributed by atoms with Crippen molar-refractivity contribution in [3.05, 3.63) is 12.4 Å². The number of aromatic nitrogens is 2. The van der Waals surface area contributed by atoms with E-state index in [1.54, 1.807) is 12.4 Å². The Morgan fingerprint density at radius 3 is 2.60 bits per heavy atom. The monoisotopic (exact) mass is 278 g/mol. The van der Waals surface area contributed by atoms with Crippen molar-refractivity contribution in [3.8, 4) is 0 Å². The van der Waals surface area contributed by atoms with Gasteiger partial charge in [0.25, 0.3) is 0 Å². The molecule has 0 aromatic carbocycles. The van der Waals surface area contributed by atoms with E-state index in [2.05, 4.69) is 20.2 Å². The second-order valence-electron chi connectivity index (χ2n) is 4.92. The number of rotatable bonds is 3. The number of carbonyl (C=O) groups is 1. The van der Waals surface area contributed by atoms with E-state index < -0.39 is 0 Å². The predicted molar refractivity (Wildman–Crippen MR) is 72.6 cm³/mol. The molecule has 7 heteroatoms. The highest BCUT2D eigenvalue weighted by Gasteiger charge is 2.23. The Labute approximate surface area is 117 Å². The average Bonchev–Trinajstić information content (AvgIpc) is 3.03. The summed E-state index contributed by atoms with van der Waals surface area (Å²) in [6, 6.07) is 0. The van der Waals surface area contributed by atoms with Crippen LogP contribution in [0.5, 0.6) is 0 Å². The number of anilines is 2. The third kappa shape index (κ3) is 3.05. The number of nitrogens with one attached hydrogen (secondary N) is 1. The first-order valence-corrected chi connectivity index (χ1v) is 6.86. The van der Waals surface area contributed by atoms with Crippen LogP contribution in [0.15, 0.2) is 12.4 Å². The van der Waals surface area contributed by atoms with Crippen LogP contribution >= 0.6 is 0 Å². The van der Waals surface area contributed by atoms with E-state index in [1.165, 1.54) is 0 Å². The fourth-order valence-electron chi connectivity index (χ4n) is 2.30. The number of morpholine rings is 1. The van der Waals surface area contributed by atoms with Gasteiger partial charge in [0, 0.05) is 19.7 Å². The zero-order valence-corrected chi connectivity index (χ0v) is 11.2. The molecule has 0 aliphatic carbocycles. The number of carbonyl (C=O) groups excluding carboxylic acids is 1. The number of nitrogens with zero attached hydrogens (tertiary/aromatic N) is 3. The Morgan fingerprint density at radius 1 is 1.20 bits per heavy atom. The highest BCUT2D eigenvalue weighted by molar-refractivity contribution is 5.92. The Kier molecular flexibility index (Phi) is 4.08. The van der Waals surface area contributed by atoms with Gasteiger partial charge in [-0.2, -0.15) is 0 Å². The third-order valence-electron chi connectivity index (χ3n) is 3.50. The molecule has 0 radical (unpaired) electrons. The standard InChI is InChI=1S/C13H18N4O3/c18-12(10-1-4-20-9-10)16-11-7-14-13(15-8-11)17-2-5-19-6-3-17/h7-8,10H,1-6,9H2,(H,16,18). The van der Waals surface area contributed by atoms with Crippen molar-refractivity contribution < 1.29 is 14.3 Å². The molecule has 1 amide bonds. The van der Waals surface area contributed by atoms with Crippen LogP contribution in [-0.4, -0.2) is 55.4 Å². The third-order valence-corrected chi connectivity index (χ3v) is 3.50. The van der Waals surface area contributed by atoms with Gasteiger partial charge in [-0.25, -0.2) is 9.97 Å². The molecule has 0 saturated carbocycles. The van der Waals surface area contributed by atoms with Gasteiger partial charge in [-0.1, -0.05) is 0 Å². The minimum Gasteiger partial charge on any atom is -0.381 e. The van der Waals surface area contributed by atoms with E-state index in [1.807, 2.05) is 0 Å². The SMILES string of the molecule is O=C(Nc1cnc(N2CCOCC2)nc1)C1CCOC1. The van der Waals surface area contributed by atoms with Crippen molar-refractivity contribution in [2.45, 2.75) is 6.42 Å². The van der Waals surface area contributed by atoms with Crippen LogP contribution in [0.1, 0.15) is 6.42 Å². The minimum atomic E-state index is -0.0612. The van der Waals surface area contributed by atoms with Crippen LogP contribution in [-0.2, 0) is 14.3 Å². The first-order chi connectivity index (χ1) is 9.83. The van der Waals surface area contributed by atoms with Gasteiger partial charge in [0.15, 0.2) is 0 Å². The first-order valence-electron chi connectivity index (χ1n) is 6.86. The second-order valence-corrected chi connectivity index (χ2v) is 4.92. The van der Waals surface area contributed by atoms with Crippen LogP contribution in [0, 0.1) is 5.92 Å². The fraction of sp³-hybridized carbons (Fsp3) is 0.615. The lowest BCUT2D eigenvalue weighted by atomic mass is 10.1. The van der Waals surface area contributed by atoms with E-state index in [0.29, 0.717) is 38.1 Å². The van der Waals surface area contributed by atoms with E-state index in [0.717, 1.165) is 19.5 Å². The van der Waals surface area contributed by atoms with Gasteiger partial charge < -0.3 is 19.7 Å². The van der Waals surface area contributed by atoms with E-state index >= 15 is 0 Å². The zero-order chi connectivity index (χ0) is 13.8. The molecule has 108 valence electrons. The molecular formula is C13H18N4O3. The number of amides is 1. The van der Waals surface area contributed by atoms with E-state index in [4.69, 9.17) is 9.47 Å². The maximum absolute atomic E-state index is 11.9. The molecule has 3 heterocycles. The molecule has 2 aliphatic rings. The van der Waals surface area contributed by atoms with Gasteiger partial charge in [0.1, 0.15) is 0 Å². The molecule has 3 rings (SSSR count). The lowest BCUT2D eigenvalue weighted by molar-refractivity contribution is -0.119. The summed E-state index contributed by atoms with van der Waals surface area (Å²) in [6.45, 7) is 4.15. The smallest absolute Gasteiger partial charge is 0.229 e. The molecule has 1 unspecified atom stereocenters. The quantitative estimate of drug-likeness (QED) is 0.856. The van der Waals surface area contributed by atoms with Gasteiger partial charge >= 0.3 is 0 Å². The summed E-state index contributed by atoms with van der Waals surface area (Å²) in [5.41, 5.74) is 0.624. The molecule has 1 atom stereocenters. The number of hydrogen-bond donors (Lipinski definition) is 1.